The van der Waals surface area contributed by atoms with Crippen LogP contribution >= 0.6 is 0 Å². The quantitative estimate of drug-likeness (QED) is 0.811. The summed E-state index contributed by atoms with van der Waals surface area (Å²) in [5, 5.41) is 3.09. The van der Waals surface area contributed by atoms with Gasteiger partial charge in [-0.1, -0.05) is 43.2 Å². The second kappa shape index (κ2) is 5.15. The molecule has 0 saturated heterocycles. The van der Waals surface area contributed by atoms with Gasteiger partial charge in [-0.3, -0.25) is 4.79 Å². The minimum Gasteiger partial charge on any atom is -0.353 e. The molecule has 0 spiro atoms. The molecule has 0 heterocycles. The second-order valence-electron chi connectivity index (χ2n) is 4.61. The summed E-state index contributed by atoms with van der Waals surface area (Å²) in [6.45, 7) is 1.61. The van der Waals surface area contributed by atoms with Gasteiger partial charge in [0.1, 0.15) is 0 Å². The van der Waals surface area contributed by atoms with Gasteiger partial charge in [0.25, 0.3) is 0 Å². The maximum Gasteiger partial charge on any atom is 0.217 e. The summed E-state index contributed by atoms with van der Waals surface area (Å²) < 4.78 is 0. The van der Waals surface area contributed by atoms with Crippen LogP contribution in [-0.2, 0) is 4.79 Å². The second-order valence-corrected chi connectivity index (χ2v) is 4.61. The Morgan fingerprint density at radius 1 is 1.19 bits per heavy atom. The Kier molecular flexibility index (Phi) is 3.60. The predicted octanol–water partition coefficient (Wildman–Crippen LogP) is 2.85. The van der Waals surface area contributed by atoms with E-state index in [0.29, 0.717) is 12.0 Å². The van der Waals surface area contributed by atoms with Gasteiger partial charge in [-0.05, 0) is 18.4 Å². The molecule has 0 aromatic heterocycles. The van der Waals surface area contributed by atoms with Gasteiger partial charge in [0.2, 0.25) is 5.91 Å². The highest BCUT2D eigenvalue weighted by atomic mass is 16.1. The van der Waals surface area contributed by atoms with Crippen molar-refractivity contribution < 1.29 is 4.79 Å². The number of hydrogen-bond acceptors (Lipinski definition) is 1. The van der Waals surface area contributed by atoms with Crippen molar-refractivity contribution in [2.45, 2.75) is 44.6 Å². The van der Waals surface area contributed by atoms with Gasteiger partial charge in [0.05, 0.1) is 0 Å². The smallest absolute Gasteiger partial charge is 0.217 e. The zero-order valence-electron chi connectivity index (χ0n) is 9.78. The Morgan fingerprint density at radius 2 is 1.88 bits per heavy atom. The van der Waals surface area contributed by atoms with E-state index in [1.54, 1.807) is 6.92 Å². The van der Waals surface area contributed by atoms with Crippen molar-refractivity contribution in [3.8, 4) is 0 Å². The molecule has 2 nitrogen and oxygen atoms in total. The number of hydrogen-bond donors (Lipinski definition) is 1. The van der Waals surface area contributed by atoms with Crippen molar-refractivity contribution in [3.05, 3.63) is 35.9 Å². The summed E-state index contributed by atoms with van der Waals surface area (Å²) >= 11 is 0. The molecular formula is C14H19NO. The van der Waals surface area contributed by atoms with E-state index < -0.39 is 0 Å². The largest absolute Gasteiger partial charge is 0.353 e. The Hall–Kier alpha value is -1.31. The molecule has 86 valence electrons. The van der Waals surface area contributed by atoms with E-state index in [9.17, 15) is 4.79 Å². The normalized spacial score (nSPS) is 25.1. The third-order valence-corrected chi connectivity index (χ3v) is 3.38. The van der Waals surface area contributed by atoms with E-state index in [1.807, 2.05) is 6.07 Å². The minimum atomic E-state index is 0.0906. The van der Waals surface area contributed by atoms with Crippen LogP contribution in [0, 0.1) is 0 Å². The molecule has 1 aromatic carbocycles. The highest BCUT2D eigenvalue weighted by molar-refractivity contribution is 5.73. The number of nitrogens with one attached hydrogen (secondary N) is 1. The zero-order chi connectivity index (χ0) is 11.4. The number of amides is 1. The van der Waals surface area contributed by atoms with Crippen LogP contribution in [-0.4, -0.2) is 11.9 Å². The molecule has 1 amide bonds. The van der Waals surface area contributed by atoms with Crippen LogP contribution in [0.5, 0.6) is 0 Å². The number of benzene rings is 1. The van der Waals surface area contributed by atoms with E-state index in [0.717, 1.165) is 6.42 Å². The Labute approximate surface area is 97.1 Å². The van der Waals surface area contributed by atoms with Crippen LogP contribution in [0.4, 0.5) is 0 Å². The minimum absolute atomic E-state index is 0.0906. The molecular weight excluding hydrogens is 198 g/mol. The molecule has 2 rings (SSSR count). The molecule has 1 aliphatic rings. The average molecular weight is 217 g/mol. The van der Waals surface area contributed by atoms with Gasteiger partial charge in [0.15, 0.2) is 0 Å². The molecule has 1 aliphatic carbocycles. The third-order valence-electron chi connectivity index (χ3n) is 3.38. The van der Waals surface area contributed by atoms with Gasteiger partial charge < -0.3 is 5.32 Å². The molecule has 0 radical (unpaired) electrons. The van der Waals surface area contributed by atoms with Crippen LogP contribution in [0.2, 0.25) is 0 Å². The number of carbonyl (C=O) groups excluding carboxylic acids is 1. The van der Waals surface area contributed by atoms with E-state index in [1.165, 1.54) is 24.8 Å². The molecule has 1 N–H and O–H groups in total. The van der Waals surface area contributed by atoms with Crippen molar-refractivity contribution in [2.75, 3.05) is 0 Å². The van der Waals surface area contributed by atoms with E-state index >= 15 is 0 Å². The lowest BCUT2D eigenvalue weighted by Crippen LogP contribution is -2.39. The Bertz CT molecular complexity index is 347. The Balaban J connectivity index is 2.13. The molecule has 2 heteroatoms. The summed E-state index contributed by atoms with van der Waals surface area (Å²) in [7, 11) is 0. The van der Waals surface area contributed by atoms with Crippen molar-refractivity contribution in [1.82, 2.24) is 5.32 Å². The topological polar surface area (TPSA) is 29.1 Å². The lowest BCUT2D eigenvalue weighted by Gasteiger charge is -2.32. The van der Waals surface area contributed by atoms with E-state index in [4.69, 9.17) is 0 Å². The highest BCUT2D eigenvalue weighted by Crippen LogP contribution is 2.32. The third kappa shape index (κ3) is 2.63. The van der Waals surface area contributed by atoms with Gasteiger partial charge in [-0.15, -0.1) is 0 Å². The van der Waals surface area contributed by atoms with Crippen molar-refractivity contribution in [3.63, 3.8) is 0 Å². The van der Waals surface area contributed by atoms with Gasteiger partial charge in [-0.2, -0.15) is 0 Å². The summed E-state index contributed by atoms with van der Waals surface area (Å²) in [5.41, 5.74) is 1.36. The van der Waals surface area contributed by atoms with Crippen LogP contribution in [0.1, 0.15) is 44.1 Å². The van der Waals surface area contributed by atoms with Gasteiger partial charge >= 0.3 is 0 Å². The van der Waals surface area contributed by atoms with Gasteiger partial charge in [0, 0.05) is 18.9 Å². The Morgan fingerprint density at radius 3 is 2.56 bits per heavy atom. The number of carbonyl (C=O) groups is 1. The van der Waals surface area contributed by atoms with Crippen LogP contribution in [0.25, 0.3) is 0 Å². The van der Waals surface area contributed by atoms with Crippen molar-refractivity contribution in [2.24, 2.45) is 0 Å². The maximum atomic E-state index is 11.2. The van der Waals surface area contributed by atoms with E-state index in [-0.39, 0.29) is 5.91 Å². The van der Waals surface area contributed by atoms with Crippen molar-refractivity contribution >= 4 is 5.91 Å². The molecule has 1 saturated carbocycles. The molecule has 1 aromatic rings. The van der Waals surface area contributed by atoms with Gasteiger partial charge in [-0.25, -0.2) is 0 Å². The molecule has 1 fully saturated rings. The van der Waals surface area contributed by atoms with Crippen molar-refractivity contribution in [1.29, 1.82) is 0 Å². The number of rotatable bonds is 2. The summed E-state index contributed by atoms with van der Waals surface area (Å²) in [4.78, 5) is 11.2. The summed E-state index contributed by atoms with van der Waals surface area (Å²) in [5.74, 6) is 0.590. The molecule has 2 atom stereocenters. The SMILES string of the molecule is CC(=O)N[C@H]1CCCC[C@H]1c1ccccc1. The fourth-order valence-electron chi connectivity index (χ4n) is 2.66. The standard InChI is InChI=1S/C14H19NO/c1-11(16)15-14-10-6-5-9-13(14)12-7-3-2-4-8-12/h2-4,7-8,13-14H,5-6,9-10H2,1H3,(H,15,16)/t13-,14-/m0/s1. The first-order valence-corrected chi connectivity index (χ1v) is 6.09. The molecule has 0 bridgehead atoms. The zero-order valence-corrected chi connectivity index (χ0v) is 9.78. The highest BCUT2D eigenvalue weighted by Gasteiger charge is 2.26. The molecule has 16 heavy (non-hydrogen) atoms. The summed E-state index contributed by atoms with van der Waals surface area (Å²) in [6.07, 6.45) is 4.80. The average Bonchev–Trinajstić information content (AvgIpc) is 2.30. The molecule has 0 aliphatic heterocycles. The first-order valence-electron chi connectivity index (χ1n) is 6.09. The fourth-order valence-corrected chi connectivity index (χ4v) is 2.66. The first-order chi connectivity index (χ1) is 7.77. The first kappa shape index (κ1) is 11.2. The summed E-state index contributed by atoms with van der Waals surface area (Å²) in [6, 6.07) is 10.9. The lowest BCUT2D eigenvalue weighted by atomic mass is 9.80. The monoisotopic (exact) mass is 217 g/mol. The van der Waals surface area contributed by atoms with Crippen LogP contribution < -0.4 is 5.32 Å². The molecule has 0 unspecified atom stereocenters. The maximum absolute atomic E-state index is 11.2. The lowest BCUT2D eigenvalue weighted by molar-refractivity contribution is -0.120. The van der Waals surface area contributed by atoms with Crippen LogP contribution in [0.3, 0.4) is 0 Å². The van der Waals surface area contributed by atoms with Crippen LogP contribution in [0.15, 0.2) is 30.3 Å². The predicted molar refractivity (Wildman–Crippen MR) is 65.3 cm³/mol. The fraction of sp³-hybridized carbons (Fsp3) is 0.500. The van der Waals surface area contributed by atoms with E-state index in [2.05, 4.69) is 29.6 Å².